The molecule has 2 rings (SSSR count). The van der Waals surface area contributed by atoms with Gasteiger partial charge in [0.1, 0.15) is 5.75 Å². The van der Waals surface area contributed by atoms with Crippen molar-refractivity contribution in [2.45, 2.75) is 25.4 Å². The number of rotatable bonds is 8. The molecule has 0 aliphatic heterocycles. The number of halogens is 3. The summed E-state index contributed by atoms with van der Waals surface area (Å²) in [5.74, 6) is -1.34. The highest BCUT2D eigenvalue weighted by Crippen LogP contribution is 2.28. The number of aryl methyl sites for hydroxylation is 2. The molecule has 2 aromatic carbocycles. The number of esters is 1. The van der Waals surface area contributed by atoms with Gasteiger partial charge in [0, 0.05) is 9.37 Å². The van der Waals surface area contributed by atoms with E-state index in [2.05, 4.69) is 26.0 Å². The second kappa shape index (κ2) is 10.4. The quantitative estimate of drug-likeness (QED) is 0.434. The highest BCUT2D eigenvalue weighted by Gasteiger charge is 2.14. The van der Waals surface area contributed by atoms with Crippen LogP contribution < -0.4 is 10.1 Å². The molecule has 1 N–H and O–H groups in total. The van der Waals surface area contributed by atoms with E-state index in [1.807, 2.05) is 26.0 Å². The number of anilines is 1. The first-order valence-electron chi connectivity index (χ1n) is 8.15. The zero-order valence-corrected chi connectivity index (χ0v) is 17.5. The van der Waals surface area contributed by atoms with Crippen LogP contribution in [0.3, 0.4) is 0 Å². The van der Waals surface area contributed by atoms with Crippen LogP contribution in [0, 0.1) is 13.8 Å². The van der Waals surface area contributed by atoms with Crippen LogP contribution in [-0.2, 0) is 14.3 Å². The SMILES string of the molecule is Cc1cc(SCC(=O)OCC(=O)Nc2ccccc2OC(F)F)c(C)cc1Br. The van der Waals surface area contributed by atoms with Crippen molar-refractivity contribution in [3.05, 3.63) is 52.0 Å². The Morgan fingerprint density at radius 1 is 1.18 bits per heavy atom. The second-order valence-electron chi connectivity index (χ2n) is 5.74. The van der Waals surface area contributed by atoms with Crippen LogP contribution in [0.2, 0.25) is 0 Å². The molecule has 0 aromatic heterocycles. The molecule has 0 aliphatic rings. The van der Waals surface area contributed by atoms with Gasteiger partial charge in [-0.15, -0.1) is 11.8 Å². The Morgan fingerprint density at radius 3 is 2.61 bits per heavy atom. The Kier molecular flexibility index (Phi) is 8.25. The summed E-state index contributed by atoms with van der Waals surface area (Å²) >= 11 is 4.76. The van der Waals surface area contributed by atoms with Crippen LogP contribution in [0.25, 0.3) is 0 Å². The molecule has 0 atom stereocenters. The summed E-state index contributed by atoms with van der Waals surface area (Å²) in [7, 11) is 0. The number of hydrogen-bond acceptors (Lipinski definition) is 5. The van der Waals surface area contributed by atoms with Crippen LogP contribution in [0.5, 0.6) is 5.75 Å². The number of benzene rings is 2. The summed E-state index contributed by atoms with van der Waals surface area (Å²) in [5, 5.41) is 2.38. The Morgan fingerprint density at radius 2 is 1.89 bits per heavy atom. The topological polar surface area (TPSA) is 64.6 Å². The van der Waals surface area contributed by atoms with Crippen LogP contribution in [-0.4, -0.2) is 30.8 Å². The molecule has 2 aromatic rings. The Labute approximate surface area is 173 Å². The number of carbonyl (C=O) groups excluding carboxylic acids is 2. The van der Waals surface area contributed by atoms with Gasteiger partial charge in [-0.3, -0.25) is 9.59 Å². The fourth-order valence-corrected chi connectivity index (χ4v) is 3.55. The van der Waals surface area contributed by atoms with Gasteiger partial charge in [-0.05, 0) is 49.2 Å². The molecule has 0 saturated heterocycles. The van der Waals surface area contributed by atoms with Crippen molar-refractivity contribution in [1.82, 2.24) is 0 Å². The van der Waals surface area contributed by atoms with Crippen molar-refractivity contribution >= 4 is 45.3 Å². The molecule has 0 fully saturated rings. The number of amides is 1. The summed E-state index contributed by atoms with van der Waals surface area (Å²) in [6, 6.07) is 9.69. The van der Waals surface area contributed by atoms with Crippen molar-refractivity contribution in [2.24, 2.45) is 0 Å². The molecule has 0 bridgehead atoms. The summed E-state index contributed by atoms with van der Waals surface area (Å²) < 4.78 is 35.0. The lowest BCUT2D eigenvalue weighted by molar-refractivity contribution is -0.144. The molecule has 9 heteroatoms. The van der Waals surface area contributed by atoms with Gasteiger partial charge in [0.25, 0.3) is 5.91 Å². The lowest BCUT2D eigenvalue weighted by Crippen LogP contribution is -2.22. The largest absolute Gasteiger partial charge is 0.455 e. The minimum atomic E-state index is -3.02. The van der Waals surface area contributed by atoms with Gasteiger partial charge in [-0.25, -0.2) is 0 Å². The third-order valence-corrected chi connectivity index (χ3v) is 5.53. The number of thioether (sulfide) groups is 1. The molecule has 1 amide bonds. The van der Waals surface area contributed by atoms with Crippen LogP contribution >= 0.6 is 27.7 Å². The Bertz CT molecular complexity index is 864. The molecule has 0 unspecified atom stereocenters. The second-order valence-corrected chi connectivity index (χ2v) is 7.61. The van der Waals surface area contributed by atoms with Gasteiger partial charge in [0.15, 0.2) is 6.61 Å². The Hall–Kier alpha value is -2.13. The van der Waals surface area contributed by atoms with Gasteiger partial charge in [-0.2, -0.15) is 8.78 Å². The van der Waals surface area contributed by atoms with Gasteiger partial charge in [0.05, 0.1) is 11.4 Å². The molecule has 0 spiro atoms. The molecule has 0 radical (unpaired) electrons. The zero-order valence-electron chi connectivity index (χ0n) is 15.1. The summed E-state index contributed by atoms with van der Waals surface area (Å²) in [5.41, 5.74) is 2.13. The molecule has 5 nitrogen and oxygen atoms in total. The molecule has 28 heavy (non-hydrogen) atoms. The van der Waals surface area contributed by atoms with Gasteiger partial charge >= 0.3 is 12.6 Å². The molecular formula is C19H18BrF2NO4S. The van der Waals surface area contributed by atoms with E-state index in [-0.39, 0.29) is 17.2 Å². The number of nitrogens with one attached hydrogen (secondary N) is 1. The predicted octanol–water partition coefficient (Wildman–Crippen LogP) is 4.94. The maximum absolute atomic E-state index is 12.4. The molecular weight excluding hydrogens is 456 g/mol. The molecule has 0 saturated carbocycles. The Balaban J connectivity index is 1.83. The minimum Gasteiger partial charge on any atom is -0.455 e. The van der Waals surface area contributed by atoms with E-state index in [1.165, 1.54) is 30.0 Å². The van der Waals surface area contributed by atoms with Gasteiger partial charge in [0.2, 0.25) is 0 Å². The lowest BCUT2D eigenvalue weighted by Gasteiger charge is -2.12. The number of ether oxygens (including phenoxy) is 2. The average Bonchev–Trinajstić information content (AvgIpc) is 2.63. The zero-order chi connectivity index (χ0) is 20.7. The fourth-order valence-electron chi connectivity index (χ4n) is 2.19. The number of para-hydroxylation sites is 2. The van der Waals surface area contributed by atoms with Crippen molar-refractivity contribution < 1.29 is 27.8 Å². The fraction of sp³-hybridized carbons (Fsp3) is 0.263. The number of alkyl halides is 2. The standard InChI is InChI=1S/C19H18BrF2NO4S/c1-11-8-16(12(2)7-13(11)20)28-10-18(25)26-9-17(24)23-14-5-3-4-6-15(14)27-19(21)22/h3-8,19H,9-10H2,1-2H3,(H,23,24). The van der Waals surface area contributed by atoms with E-state index in [4.69, 9.17) is 4.74 Å². The van der Waals surface area contributed by atoms with Crippen molar-refractivity contribution in [2.75, 3.05) is 17.7 Å². The van der Waals surface area contributed by atoms with E-state index >= 15 is 0 Å². The monoisotopic (exact) mass is 473 g/mol. The highest BCUT2D eigenvalue weighted by atomic mass is 79.9. The first kappa shape index (κ1) is 22.2. The average molecular weight is 474 g/mol. The third-order valence-electron chi connectivity index (χ3n) is 3.54. The van der Waals surface area contributed by atoms with Crippen molar-refractivity contribution in [3.8, 4) is 5.75 Å². The van der Waals surface area contributed by atoms with Crippen LogP contribution in [0.4, 0.5) is 14.5 Å². The van der Waals surface area contributed by atoms with E-state index in [0.29, 0.717) is 0 Å². The maximum Gasteiger partial charge on any atom is 0.387 e. The first-order chi connectivity index (χ1) is 13.3. The third kappa shape index (κ3) is 6.79. The van der Waals surface area contributed by atoms with Crippen LogP contribution in [0.15, 0.2) is 45.8 Å². The van der Waals surface area contributed by atoms with Gasteiger partial charge < -0.3 is 14.8 Å². The molecule has 150 valence electrons. The summed E-state index contributed by atoms with van der Waals surface area (Å²) in [6.45, 7) is 0.343. The molecule has 0 heterocycles. The van der Waals surface area contributed by atoms with E-state index < -0.39 is 25.1 Å². The number of carbonyl (C=O) groups is 2. The van der Waals surface area contributed by atoms with E-state index in [0.717, 1.165) is 20.5 Å². The first-order valence-corrected chi connectivity index (χ1v) is 9.93. The molecule has 0 aliphatic carbocycles. The summed E-state index contributed by atoms with van der Waals surface area (Å²) in [6.07, 6.45) is 0. The van der Waals surface area contributed by atoms with Gasteiger partial charge in [-0.1, -0.05) is 28.1 Å². The predicted molar refractivity (Wildman–Crippen MR) is 107 cm³/mol. The van der Waals surface area contributed by atoms with Crippen molar-refractivity contribution in [1.29, 1.82) is 0 Å². The lowest BCUT2D eigenvalue weighted by atomic mass is 10.2. The minimum absolute atomic E-state index is 0.0419. The number of hydrogen-bond donors (Lipinski definition) is 1. The van der Waals surface area contributed by atoms with Crippen LogP contribution in [0.1, 0.15) is 11.1 Å². The van der Waals surface area contributed by atoms with E-state index in [1.54, 1.807) is 6.07 Å². The summed E-state index contributed by atoms with van der Waals surface area (Å²) in [4.78, 5) is 24.8. The smallest absolute Gasteiger partial charge is 0.387 e. The normalized spacial score (nSPS) is 10.6. The maximum atomic E-state index is 12.4. The van der Waals surface area contributed by atoms with E-state index in [9.17, 15) is 18.4 Å². The highest BCUT2D eigenvalue weighted by molar-refractivity contribution is 9.10. The van der Waals surface area contributed by atoms with Crippen molar-refractivity contribution in [3.63, 3.8) is 0 Å².